The molecule has 2 N–H and O–H groups in total. The van der Waals surface area contributed by atoms with E-state index in [9.17, 15) is 13.2 Å². The van der Waals surface area contributed by atoms with Gasteiger partial charge in [-0.2, -0.15) is 0 Å². The Balaban J connectivity index is 1.72. The second-order valence-electron chi connectivity index (χ2n) is 4.73. The third kappa shape index (κ3) is 3.23. The summed E-state index contributed by atoms with van der Waals surface area (Å²) >= 11 is 0. The minimum Gasteiger partial charge on any atom is -0.386 e. The van der Waals surface area contributed by atoms with E-state index < -0.39 is 12.5 Å². The fourth-order valence-electron chi connectivity index (χ4n) is 2.17. The zero-order valence-electron chi connectivity index (χ0n) is 9.82. The third-order valence-corrected chi connectivity index (χ3v) is 3.39. The summed E-state index contributed by atoms with van der Waals surface area (Å²) in [5.41, 5.74) is 1.07. The minimum atomic E-state index is -2.70. The smallest absolute Gasteiger partial charge is 0.265 e. The molecule has 0 heterocycles. The minimum absolute atomic E-state index is 0.0849. The zero-order valence-corrected chi connectivity index (χ0v) is 9.82. The molecule has 1 fully saturated rings. The van der Waals surface area contributed by atoms with Gasteiger partial charge < -0.3 is 10.4 Å². The summed E-state index contributed by atoms with van der Waals surface area (Å²) in [6.07, 6.45) is -2.64. The van der Waals surface area contributed by atoms with E-state index in [4.69, 9.17) is 5.11 Å². The number of benzene rings is 1. The molecule has 100 valence electrons. The van der Waals surface area contributed by atoms with Crippen LogP contribution in [0.5, 0.6) is 0 Å². The highest BCUT2D eigenvalue weighted by Crippen LogP contribution is 2.36. The van der Waals surface area contributed by atoms with E-state index >= 15 is 0 Å². The Labute approximate surface area is 104 Å². The van der Waals surface area contributed by atoms with Crippen molar-refractivity contribution in [3.63, 3.8) is 0 Å². The standard InChI is InChI=1S/C13H16F3NO/c14-10-3-1-8(2-4-10)9-5-11(6-9)17-7-12(18)13(15)16/h1-4,9,11-13,17-18H,5-7H2. The highest BCUT2D eigenvalue weighted by atomic mass is 19.3. The quantitative estimate of drug-likeness (QED) is 0.850. The van der Waals surface area contributed by atoms with Gasteiger partial charge in [-0.25, -0.2) is 13.2 Å². The van der Waals surface area contributed by atoms with Gasteiger partial charge in [-0.1, -0.05) is 12.1 Å². The molecule has 2 nitrogen and oxygen atoms in total. The highest BCUT2D eigenvalue weighted by Gasteiger charge is 2.30. The summed E-state index contributed by atoms with van der Waals surface area (Å²) in [5, 5.41) is 11.9. The Bertz CT molecular complexity index is 376. The monoisotopic (exact) mass is 259 g/mol. The van der Waals surface area contributed by atoms with Crippen molar-refractivity contribution in [2.45, 2.75) is 37.3 Å². The van der Waals surface area contributed by atoms with Crippen LogP contribution >= 0.6 is 0 Å². The van der Waals surface area contributed by atoms with E-state index in [1.165, 1.54) is 12.1 Å². The average molecular weight is 259 g/mol. The lowest BCUT2D eigenvalue weighted by atomic mass is 9.76. The van der Waals surface area contributed by atoms with E-state index in [2.05, 4.69) is 5.32 Å². The Morgan fingerprint density at radius 2 is 1.83 bits per heavy atom. The fraction of sp³-hybridized carbons (Fsp3) is 0.538. The first-order valence-electron chi connectivity index (χ1n) is 6.01. The Morgan fingerprint density at radius 3 is 2.39 bits per heavy atom. The van der Waals surface area contributed by atoms with Crippen LogP contribution < -0.4 is 5.32 Å². The predicted molar refractivity (Wildman–Crippen MR) is 62.2 cm³/mol. The normalized spacial score (nSPS) is 24.9. The summed E-state index contributed by atoms with van der Waals surface area (Å²) in [7, 11) is 0. The molecular formula is C13H16F3NO. The van der Waals surface area contributed by atoms with Gasteiger partial charge in [-0.15, -0.1) is 0 Å². The molecule has 1 aromatic carbocycles. The van der Waals surface area contributed by atoms with E-state index in [1.807, 2.05) is 0 Å². The fourth-order valence-corrected chi connectivity index (χ4v) is 2.17. The van der Waals surface area contributed by atoms with Crippen LogP contribution in [0.15, 0.2) is 24.3 Å². The first-order chi connectivity index (χ1) is 8.56. The first-order valence-corrected chi connectivity index (χ1v) is 6.01. The van der Waals surface area contributed by atoms with Gasteiger partial charge >= 0.3 is 0 Å². The van der Waals surface area contributed by atoms with Gasteiger partial charge in [-0.05, 0) is 36.5 Å². The summed E-state index contributed by atoms with van der Waals surface area (Å²) in [4.78, 5) is 0. The lowest BCUT2D eigenvalue weighted by molar-refractivity contribution is -0.00634. The molecular weight excluding hydrogens is 243 g/mol. The lowest BCUT2D eigenvalue weighted by Gasteiger charge is -2.36. The van der Waals surface area contributed by atoms with E-state index in [1.54, 1.807) is 12.1 Å². The Hall–Kier alpha value is -1.07. The van der Waals surface area contributed by atoms with Crippen LogP contribution in [0.3, 0.4) is 0 Å². The second-order valence-corrected chi connectivity index (χ2v) is 4.73. The van der Waals surface area contributed by atoms with Crippen molar-refractivity contribution in [1.29, 1.82) is 0 Å². The maximum atomic E-state index is 12.7. The van der Waals surface area contributed by atoms with Crippen LogP contribution in [0.1, 0.15) is 24.3 Å². The Kier molecular flexibility index (Phi) is 4.24. The molecule has 18 heavy (non-hydrogen) atoms. The molecule has 0 radical (unpaired) electrons. The number of halogens is 3. The second kappa shape index (κ2) is 5.71. The zero-order chi connectivity index (χ0) is 13.1. The van der Waals surface area contributed by atoms with Gasteiger partial charge in [0, 0.05) is 12.6 Å². The average Bonchev–Trinajstić information content (AvgIpc) is 2.28. The number of aliphatic hydroxyl groups is 1. The summed E-state index contributed by atoms with van der Waals surface area (Å²) in [5.74, 6) is 0.0968. The van der Waals surface area contributed by atoms with Crippen molar-refractivity contribution in [2.24, 2.45) is 0 Å². The van der Waals surface area contributed by atoms with Gasteiger partial charge in [0.15, 0.2) is 0 Å². The van der Waals surface area contributed by atoms with Crippen molar-refractivity contribution in [1.82, 2.24) is 5.32 Å². The number of nitrogens with one attached hydrogen (secondary N) is 1. The van der Waals surface area contributed by atoms with Crippen molar-refractivity contribution in [3.05, 3.63) is 35.6 Å². The maximum absolute atomic E-state index is 12.7. The van der Waals surface area contributed by atoms with E-state index in [0.717, 1.165) is 18.4 Å². The number of alkyl halides is 2. The largest absolute Gasteiger partial charge is 0.386 e. The molecule has 1 aliphatic carbocycles. The summed E-state index contributed by atoms with van der Waals surface area (Å²) in [6.45, 7) is -0.0849. The predicted octanol–water partition coefficient (Wildman–Crippen LogP) is 2.29. The molecule has 0 bridgehead atoms. The first kappa shape index (κ1) is 13.4. The maximum Gasteiger partial charge on any atom is 0.265 e. The molecule has 1 aromatic rings. The molecule has 2 rings (SSSR count). The summed E-state index contributed by atoms with van der Waals surface area (Å²) < 4.78 is 36.8. The number of rotatable bonds is 5. The van der Waals surface area contributed by atoms with Crippen molar-refractivity contribution in [2.75, 3.05) is 6.54 Å². The summed E-state index contributed by atoms with van der Waals surface area (Å²) in [6, 6.07) is 6.52. The van der Waals surface area contributed by atoms with Gasteiger partial charge in [0.2, 0.25) is 0 Å². The van der Waals surface area contributed by atoms with Crippen LogP contribution in [-0.2, 0) is 0 Å². The van der Waals surface area contributed by atoms with Crippen LogP contribution in [0.2, 0.25) is 0 Å². The molecule has 1 aliphatic rings. The molecule has 0 spiro atoms. The molecule has 0 aromatic heterocycles. The Morgan fingerprint density at radius 1 is 1.22 bits per heavy atom. The van der Waals surface area contributed by atoms with Crippen LogP contribution in [-0.4, -0.2) is 30.2 Å². The van der Waals surface area contributed by atoms with Crippen LogP contribution in [0.25, 0.3) is 0 Å². The molecule has 5 heteroatoms. The van der Waals surface area contributed by atoms with Crippen molar-refractivity contribution >= 4 is 0 Å². The number of hydrogen-bond acceptors (Lipinski definition) is 2. The van der Waals surface area contributed by atoms with Crippen molar-refractivity contribution in [3.8, 4) is 0 Å². The molecule has 1 unspecified atom stereocenters. The van der Waals surface area contributed by atoms with Gasteiger partial charge in [0.25, 0.3) is 6.43 Å². The molecule has 0 amide bonds. The van der Waals surface area contributed by atoms with Crippen LogP contribution in [0.4, 0.5) is 13.2 Å². The van der Waals surface area contributed by atoms with Gasteiger partial charge in [0.05, 0.1) is 0 Å². The molecule has 0 saturated heterocycles. The van der Waals surface area contributed by atoms with E-state index in [-0.39, 0.29) is 18.4 Å². The molecule has 1 saturated carbocycles. The number of hydrogen-bond donors (Lipinski definition) is 2. The number of aliphatic hydroxyl groups excluding tert-OH is 1. The third-order valence-electron chi connectivity index (χ3n) is 3.39. The van der Waals surface area contributed by atoms with Gasteiger partial charge in [0.1, 0.15) is 11.9 Å². The topological polar surface area (TPSA) is 32.3 Å². The lowest BCUT2D eigenvalue weighted by Crippen LogP contribution is -2.44. The van der Waals surface area contributed by atoms with Crippen LogP contribution in [0, 0.1) is 5.82 Å². The molecule has 1 atom stereocenters. The highest BCUT2D eigenvalue weighted by molar-refractivity contribution is 5.23. The van der Waals surface area contributed by atoms with Gasteiger partial charge in [-0.3, -0.25) is 0 Å². The SMILES string of the molecule is OC(CNC1CC(c2ccc(F)cc2)C1)C(F)F. The molecule has 0 aliphatic heterocycles. The van der Waals surface area contributed by atoms with E-state index in [0.29, 0.717) is 5.92 Å². The van der Waals surface area contributed by atoms with Crippen molar-refractivity contribution < 1.29 is 18.3 Å².